The SMILES string of the molecule is CO[Si](CCCN1CCN(I)C1=O)(OC)OC. The van der Waals surface area contributed by atoms with Crippen molar-refractivity contribution in [2.24, 2.45) is 0 Å². The highest BCUT2D eigenvalue weighted by Gasteiger charge is 2.37. The highest BCUT2D eigenvalue weighted by atomic mass is 127. The smallest absolute Gasteiger partial charge is 0.377 e. The summed E-state index contributed by atoms with van der Waals surface area (Å²) >= 11 is 2.04. The van der Waals surface area contributed by atoms with Crippen LogP contribution >= 0.6 is 22.9 Å². The molecule has 0 spiro atoms. The first-order chi connectivity index (χ1) is 8.08. The summed E-state index contributed by atoms with van der Waals surface area (Å²) < 4.78 is 17.7. The Morgan fingerprint density at radius 1 is 1.24 bits per heavy atom. The third-order valence-corrected chi connectivity index (χ3v) is 6.62. The van der Waals surface area contributed by atoms with Gasteiger partial charge in [0.15, 0.2) is 0 Å². The average Bonchev–Trinajstić information content (AvgIpc) is 2.67. The molecule has 1 fully saturated rings. The molecule has 0 radical (unpaired) electrons. The van der Waals surface area contributed by atoms with Crippen molar-refractivity contribution in [2.45, 2.75) is 12.5 Å². The predicted molar refractivity (Wildman–Crippen MR) is 73.9 cm³/mol. The Hall–Kier alpha value is 0.0969. The molecule has 0 atom stereocenters. The average molecular weight is 374 g/mol. The molecule has 2 amide bonds. The fourth-order valence-corrected chi connectivity index (χ4v) is 4.03. The minimum atomic E-state index is -2.48. The summed E-state index contributed by atoms with van der Waals surface area (Å²) in [5.74, 6) is 0. The van der Waals surface area contributed by atoms with Crippen LogP contribution in [-0.2, 0) is 13.3 Å². The molecule has 0 saturated carbocycles. The Morgan fingerprint density at radius 2 is 1.82 bits per heavy atom. The molecule has 1 heterocycles. The van der Waals surface area contributed by atoms with E-state index in [0.29, 0.717) is 0 Å². The summed E-state index contributed by atoms with van der Waals surface area (Å²) in [6, 6.07) is 0.812. The fraction of sp³-hybridized carbons (Fsp3) is 0.889. The number of nitrogens with zero attached hydrogens (tertiary/aromatic N) is 2. The molecule has 0 aromatic carbocycles. The molecule has 1 saturated heterocycles. The van der Waals surface area contributed by atoms with Crippen LogP contribution in [0.15, 0.2) is 0 Å². The van der Waals surface area contributed by atoms with E-state index in [1.54, 1.807) is 24.4 Å². The number of carbonyl (C=O) groups excluding carboxylic acids is 1. The van der Waals surface area contributed by atoms with Crippen LogP contribution in [0.3, 0.4) is 0 Å². The van der Waals surface area contributed by atoms with E-state index in [0.717, 1.165) is 32.1 Å². The van der Waals surface area contributed by atoms with Crippen molar-refractivity contribution in [1.82, 2.24) is 8.01 Å². The van der Waals surface area contributed by atoms with Gasteiger partial charge in [-0.25, -0.2) is 4.79 Å². The van der Waals surface area contributed by atoms with Crippen molar-refractivity contribution in [3.63, 3.8) is 0 Å². The van der Waals surface area contributed by atoms with Gasteiger partial charge >= 0.3 is 14.8 Å². The van der Waals surface area contributed by atoms with Crippen LogP contribution in [0.5, 0.6) is 0 Å². The topological polar surface area (TPSA) is 51.2 Å². The van der Waals surface area contributed by atoms with Crippen LogP contribution < -0.4 is 0 Å². The fourth-order valence-electron chi connectivity index (χ4n) is 1.80. The van der Waals surface area contributed by atoms with Crippen LogP contribution in [0.2, 0.25) is 6.04 Å². The van der Waals surface area contributed by atoms with Crippen LogP contribution in [0, 0.1) is 0 Å². The summed E-state index contributed by atoms with van der Waals surface area (Å²) in [5, 5.41) is 0. The number of hydrogen-bond acceptors (Lipinski definition) is 4. The lowest BCUT2D eigenvalue weighted by atomic mass is 10.4. The van der Waals surface area contributed by atoms with E-state index >= 15 is 0 Å². The van der Waals surface area contributed by atoms with Crippen LogP contribution in [0.4, 0.5) is 4.79 Å². The van der Waals surface area contributed by atoms with Crippen molar-refractivity contribution in [3.05, 3.63) is 0 Å². The number of urea groups is 1. The second kappa shape index (κ2) is 6.88. The minimum absolute atomic E-state index is 0.0881. The van der Waals surface area contributed by atoms with Gasteiger partial charge in [0.25, 0.3) is 0 Å². The van der Waals surface area contributed by atoms with E-state index in [2.05, 4.69) is 0 Å². The highest BCUT2D eigenvalue weighted by Crippen LogP contribution is 2.18. The lowest BCUT2D eigenvalue weighted by Crippen LogP contribution is -2.43. The quantitative estimate of drug-likeness (QED) is 0.384. The van der Waals surface area contributed by atoms with Gasteiger partial charge in [0.2, 0.25) is 0 Å². The van der Waals surface area contributed by atoms with Crippen LogP contribution in [0.1, 0.15) is 6.42 Å². The van der Waals surface area contributed by atoms with Gasteiger partial charge in [-0.2, -0.15) is 0 Å². The molecule has 0 N–H and O–H groups in total. The standard InChI is InChI=1S/C9H19IN2O4Si/c1-14-17(15-2,16-3)8-4-5-11-6-7-12(10)9(11)13/h4-8H2,1-3H3. The van der Waals surface area contributed by atoms with Crippen LogP contribution in [-0.4, -0.2) is 63.8 Å². The van der Waals surface area contributed by atoms with Gasteiger partial charge in [0.1, 0.15) is 0 Å². The first-order valence-corrected chi connectivity index (χ1v) is 8.36. The minimum Gasteiger partial charge on any atom is -0.377 e. The highest BCUT2D eigenvalue weighted by molar-refractivity contribution is 14.1. The zero-order valence-electron chi connectivity index (χ0n) is 10.4. The third kappa shape index (κ3) is 3.78. The van der Waals surface area contributed by atoms with E-state index in [4.69, 9.17) is 13.3 Å². The molecule has 6 nitrogen and oxygen atoms in total. The molecular formula is C9H19IN2O4Si. The second-order valence-corrected chi connectivity index (χ2v) is 8.01. The molecule has 0 unspecified atom stereocenters. The predicted octanol–water partition coefficient (Wildman–Crippen LogP) is 1.34. The molecule has 17 heavy (non-hydrogen) atoms. The zero-order chi connectivity index (χ0) is 12.9. The second-order valence-electron chi connectivity index (χ2n) is 3.75. The first-order valence-electron chi connectivity index (χ1n) is 5.46. The van der Waals surface area contributed by atoms with Gasteiger partial charge in [-0.3, -0.25) is 3.11 Å². The Morgan fingerprint density at radius 3 is 2.24 bits per heavy atom. The molecule has 0 bridgehead atoms. The lowest BCUT2D eigenvalue weighted by Gasteiger charge is -2.25. The van der Waals surface area contributed by atoms with Crippen molar-refractivity contribution < 1.29 is 18.1 Å². The monoisotopic (exact) mass is 374 g/mol. The van der Waals surface area contributed by atoms with Gasteiger partial charge < -0.3 is 18.2 Å². The van der Waals surface area contributed by atoms with Crippen LogP contribution in [0.25, 0.3) is 0 Å². The van der Waals surface area contributed by atoms with Gasteiger partial charge in [-0.05, 0) is 6.42 Å². The van der Waals surface area contributed by atoms with E-state index in [1.807, 2.05) is 27.8 Å². The lowest BCUT2D eigenvalue weighted by molar-refractivity contribution is 0.122. The van der Waals surface area contributed by atoms with E-state index < -0.39 is 8.80 Å². The number of hydrogen-bond donors (Lipinski definition) is 0. The Bertz CT molecular complexity index is 257. The number of carbonyl (C=O) groups is 1. The van der Waals surface area contributed by atoms with Gasteiger partial charge in [-0.1, -0.05) is 0 Å². The maximum Gasteiger partial charge on any atom is 0.500 e. The molecule has 0 aliphatic carbocycles. The summed E-state index contributed by atoms with van der Waals surface area (Å²) in [6.45, 7) is 2.31. The van der Waals surface area contributed by atoms with E-state index in [9.17, 15) is 4.79 Å². The van der Waals surface area contributed by atoms with E-state index in [-0.39, 0.29) is 6.03 Å². The molecule has 0 aromatic rings. The molecule has 1 rings (SSSR count). The first kappa shape index (κ1) is 15.2. The van der Waals surface area contributed by atoms with Gasteiger partial charge in [0, 0.05) is 40.5 Å². The summed E-state index contributed by atoms with van der Waals surface area (Å²) in [6.07, 6.45) is 0.831. The Kier molecular flexibility index (Phi) is 6.13. The number of halogens is 1. The molecule has 0 aromatic heterocycles. The van der Waals surface area contributed by atoms with Crippen molar-refractivity contribution in [3.8, 4) is 0 Å². The molecular weight excluding hydrogens is 355 g/mol. The third-order valence-electron chi connectivity index (χ3n) is 2.89. The summed E-state index contributed by atoms with van der Waals surface area (Å²) in [4.78, 5) is 13.5. The van der Waals surface area contributed by atoms with Gasteiger partial charge in [-0.15, -0.1) is 0 Å². The maximum absolute atomic E-state index is 11.6. The summed E-state index contributed by atoms with van der Waals surface area (Å²) in [5.41, 5.74) is 0. The van der Waals surface area contributed by atoms with Gasteiger partial charge in [0.05, 0.1) is 29.4 Å². The van der Waals surface area contributed by atoms with E-state index in [1.165, 1.54) is 0 Å². The molecule has 1 aliphatic rings. The molecule has 100 valence electrons. The molecule has 8 heteroatoms. The number of rotatable bonds is 7. The largest absolute Gasteiger partial charge is 0.500 e. The summed E-state index contributed by atoms with van der Waals surface area (Å²) in [7, 11) is 2.33. The number of amides is 2. The van der Waals surface area contributed by atoms with Crippen molar-refractivity contribution in [1.29, 1.82) is 0 Å². The van der Waals surface area contributed by atoms with Crippen molar-refractivity contribution >= 4 is 37.7 Å². The zero-order valence-corrected chi connectivity index (χ0v) is 13.6. The Balaban J connectivity index is 2.34. The van der Waals surface area contributed by atoms with Crippen molar-refractivity contribution in [2.75, 3.05) is 41.0 Å². The molecule has 1 aliphatic heterocycles. The normalized spacial score (nSPS) is 17.1. The maximum atomic E-state index is 11.6. The Labute approximate surface area is 117 Å².